The largest absolute Gasteiger partial charge is 0.368 e. The molecule has 0 saturated heterocycles. The van der Waals surface area contributed by atoms with Crippen molar-refractivity contribution in [3.05, 3.63) is 18.0 Å². The Morgan fingerprint density at radius 2 is 2.00 bits per heavy atom. The lowest BCUT2D eigenvalue weighted by Gasteiger charge is -2.05. The quantitative estimate of drug-likeness (QED) is 0.728. The highest BCUT2D eigenvalue weighted by atomic mass is 32.2. The molecule has 1 aromatic heterocycles. The van der Waals surface area contributed by atoms with Crippen molar-refractivity contribution in [3.8, 4) is 0 Å². The summed E-state index contributed by atoms with van der Waals surface area (Å²) in [7, 11) is 0. The first-order chi connectivity index (χ1) is 5.24. The summed E-state index contributed by atoms with van der Waals surface area (Å²) in [5.41, 5.74) is 6.46. The fraction of sp³-hybridized carbons (Fsp3) is 0.429. The molecule has 1 rings (SSSR count). The van der Waals surface area contributed by atoms with Gasteiger partial charge in [-0.1, -0.05) is 0 Å². The first kappa shape index (κ1) is 8.33. The van der Waals surface area contributed by atoms with E-state index >= 15 is 0 Å². The summed E-state index contributed by atoms with van der Waals surface area (Å²) in [6.45, 7) is 2.11. The van der Waals surface area contributed by atoms with Crippen molar-refractivity contribution < 1.29 is 0 Å². The molecule has 0 radical (unpaired) electrons. The average Bonchev–Trinajstić information content (AvgIpc) is 2.05. The van der Waals surface area contributed by atoms with Gasteiger partial charge in [0, 0.05) is 23.2 Å². The van der Waals surface area contributed by atoms with Gasteiger partial charge in [-0.2, -0.15) is 11.8 Å². The molecule has 0 spiro atoms. The van der Waals surface area contributed by atoms with Crippen LogP contribution in [0.15, 0.2) is 12.4 Å². The Morgan fingerprint density at radius 3 is 2.45 bits per heavy atom. The van der Waals surface area contributed by atoms with Crippen molar-refractivity contribution in [2.24, 2.45) is 0 Å². The summed E-state index contributed by atoms with van der Waals surface area (Å²) >= 11 is 1.76. The topological polar surface area (TPSA) is 51.8 Å². The second-order valence-electron chi connectivity index (χ2n) is 2.25. The summed E-state index contributed by atoms with van der Waals surface area (Å²) in [5, 5.41) is 0.440. The third kappa shape index (κ3) is 2.08. The third-order valence-corrected chi connectivity index (χ3v) is 2.49. The zero-order valence-corrected chi connectivity index (χ0v) is 7.43. The molecule has 0 saturated carbocycles. The molecule has 0 amide bonds. The molecule has 0 bridgehead atoms. The molecule has 4 heteroatoms. The molecule has 1 atom stereocenters. The average molecular weight is 169 g/mol. The van der Waals surface area contributed by atoms with Crippen LogP contribution in [-0.4, -0.2) is 16.2 Å². The van der Waals surface area contributed by atoms with Crippen LogP contribution in [0.5, 0.6) is 0 Å². The minimum absolute atomic E-state index is 0.335. The molecular weight excluding hydrogens is 158 g/mol. The molecule has 1 heterocycles. The van der Waals surface area contributed by atoms with Crippen LogP contribution in [0.1, 0.15) is 17.7 Å². The van der Waals surface area contributed by atoms with E-state index in [-0.39, 0.29) is 0 Å². The maximum absolute atomic E-state index is 5.34. The van der Waals surface area contributed by atoms with Crippen LogP contribution in [0.2, 0.25) is 0 Å². The standard InChI is InChI=1S/C7H11N3S/c1-5(11-2)6-3-9-7(8)10-4-6/h3-5H,1-2H3,(H2,8,9,10). The van der Waals surface area contributed by atoms with Crippen molar-refractivity contribution in [2.75, 3.05) is 12.0 Å². The van der Waals surface area contributed by atoms with Crippen LogP contribution in [0.4, 0.5) is 5.95 Å². The number of nitrogen functional groups attached to an aromatic ring is 1. The second-order valence-corrected chi connectivity index (χ2v) is 3.43. The first-order valence-electron chi connectivity index (χ1n) is 3.34. The zero-order valence-electron chi connectivity index (χ0n) is 6.61. The molecular formula is C7H11N3S. The lowest BCUT2D eigenvalue weighted by molar-refractivity contribution is 1.03. The van der Waals surface area contributed by atoms with Crippen molar-refractivity contribution in [2.45, 2.75) is 12.2 Å². The highest BCUT2D eigenvalue weighted by molar-refractivity contribution is 7.98. The van der Waals surface area contributed by atoms with Gasteiger partial charge in [0.25, 0.3) is 0 Å². The first-order valence-corrected chi connectivity index (χ1v) is 4.63. The zero-order chi connectivity index (χ0) is 8.27. The summed E-state index contributed by atoms with van der Waals surface area (Å²) in [6, 6.07) is 0. The van der Waals surface area contributed by atoms with Crippen molar-refractivity contribution in [3.63, 3.8) is 0 Å². The van der Waals surface area contributed by atoms with Gasteiger partial charge in [0.05, 0.1) is 0 Å². The number of aromatic nitrogens is 2. The molecule has 1 unspecified atom stereocenters. The predicted molar refractivity (Wildman–Crippen MR) is 48.4 cm³/mol. The maximum atomic E-state index is 5.34. The lowest BCUT2D eigenvalue weighted by Crippen LogP contribution is -1.96. The normalized spacial score (nSPS) is 12.9. The van der Waals surface area contributed by atoms with Crippen LogP contribution >= 0.6 is 11.8 Å². The van der Waals surface area contributed by atoms with Crippen molar-refractivity contribution in [1.82, 2.24) is 9.97 Å². The Bertz CT molecular complexity index is 222. The molecule has 0 aliphatic rings. The lowest BCUT2D eigenvalue weighted by atomic mass is 10.3. The Kier molecular flexibility index (Phi) is 2.70. The molecule has 0 aromatic carbocycles. The fourth-order valence-corrected chi connectivity index (χ4v) is 1.09. The summed E-state index contributed by atoms with van der Waals surface area (Å²) < 4.78 is 0. The summed E-state index contributed by atoms with van der Waals surface area (Å²) in [6.07, 6.45) is 5.59. The molecule has 0 aliphatic heterocycles. The monoisotopic (exact) mass is 169 g/mol. The van der Waals surface area contributed by atoms with E-state index < -0.39 is 0 Å². The van der Waals surface area contributed by atoms with E-state index in [9.17, 15) is 0 Å². The van der Waals surface area contributed by atoms with E-state index in [1.807, 2.05) is 0 Å². The predicted octanol–water partition coefficient (Wildman–Crippen LogP) is 1.48. The van der Waals surface area contributed by atoms with Gasteiger partial charge in [0.15, 0.2) is 0 Å². The van der Waals surface area contributed by atoms with Gasteiger partial charge >= 0.3 is 0 Å². The van der Waals surface area contributed by atoms with Crippen LogP contribution in [0, 0.1) is 0 Å². The minimum Gasteiger partial charge on any atom is -0.368 e. The van der Waals surface area contributed by atoms with Crippen LogP contribution < -0.4 is 5.73 Å². The van der Waals surface area contributed by atoms with Gasteiger partial charge in [0.2, 0.25) is 5.95 Å². The van der Waals surface area contributed by atoms with E-state index in [2.05, 4.69) is 23.1 Å². The highest BCUT2D eigenvalue weighted by Gasteiger charge is 2.02. The number of hydrogen-bond acceptors (Lipinski definition) is 4. The van der Waals surface area contributed by atoms with Crippen LogP contribution in [-0.2, 0) is 0 Å². The van der Waals surface area contributed by atoms with Gasteiger partial charge < -0.3 is 5.73 Å². The fourth-order valence-electron chi connectivity index (χ4n) is 0.694. The van der Waals surface area contributed by atoms with Crippen molar-refractivity contribution in [1.29, 1.82) is 0 Å². The Labute approximate surface area is 70.4 Å². The van der Waals surface area contributed by atoms with Gasteiger partial charge in [-0.25, -0.2) is 9.97 Å². The summed E-state index contributed by atoms with van der Waals surface area (Å²) in [4.78, 5) is 7.80. The third-order valence-electron chi connectivity index (χ3n) is 1.51. The van der Waals surface area contributed by atoms with Gasteiger partial charge in [-0.05, 0) is 13.2 Å². The van der Waals surface area contributed by atoms with E-state index in [0.29, 0.717) is 11.2 Å². The number of hydrogen-bond donors (Lipinski definition) is 1. The van der Waals surface area contributed by atoms with E-state index in [4.69, 9.17) is 5.73 Å². The molecule has 60 valence electrons. The van der Waals surface area contributed by atoms with E-state index in [0.717, 1.165) is 5.56 Å². The second kappa shape index (κ2) is 3.57. The van der Waals surface area contributed by atoms with Gasteiger partial charge in [-0.3, -0.25) is 0 Å². The maximum Gasteiger partial charge on any atom is 0.219 e. The van der Waals surface area contributed by atoms with E-state index in [1.54, 1.807) is 24.2 Å². The van der Waals surface area contributed by atoms with Gasteiger partial charge in [0.1, 0.15) is 0 Å². The molecule has 3 nitrogen and oxygen atoms in total. The Morgan fingerprint density at radius 1 is 1.45 bits per heavy atom. The number of nitrogens with two attached hydrogens (primary N) is 1. The molecule has 11 heavy (non-hydrogen) atoms. The van der Waals surface area contributed by atoms with Gasteiger partial charge in [-0.15, -0.1) is 0 Å². The molecule has 2 N–H and O–H groups in total. The summed E-state index contributed by atoms with van der Waals surface area (Å²) in [5.74, 6) is 0.335. The SMILES string of the molecule is CSC(C)c1cnc(N)nc1. The molecule has 0 fully saturated rings. The Hall–Kier alpha value is -0.770. The smallest absolute Gasteiger partial charge is 0.219 e. The van der Waals surface area contributed by atoms with Crippen molar-refractivity contribution >= 4 is 17.7 Å². The number of nitrogens with zero attached hydrogens (tertiary/aromatic N) is 2. The van der Waals surface area contributed by atoms with Crippen LogP contribution in [0.3, 0.4) is 0 Å². The number of thioether (sulfide) groups is 1. The number of anilines is 1. The molecule has 0 aliphatic carbocycles. The molecule has 1 aromatic rings. The van der Waals surface area contributed by atoms with Crippen LogP contribution in [0.25, 0.3) is 0 Å². The van der Waals surface area contributed by atoms with E-state index in [1.165, 1.54) is 0 Å². The minimum atomic E-state index is 0.335. The highest BCUT2D eigenvalue weighted by Crippen LogP contribution is 2.23. The Balaban J connectivity index is 2.81. The number of rotatable bonds is 2.